The second kappa shape index (κ2) is 6.12. The molecule has 0 amide bonds. The van der Waals surface area contributed by atoms with Crippen molar-refractivity contribution < 1.29 is 0 Å². The Labute approximate surface area is 139 Å². The van der Waals surface area contributed by atoms with Gasteiger partial charge < -0.3 is 5.32 Å². The molecule has 4 aromatic rings. The van der Waals surface area contributed by atoms with E-state index in [0.717, 1.165) is 5.69 Å². The molecule has 0 aliphatic rings. The third-order valence-corrected chi connectivity index (χ3v) is 4.11. The largest absolute Gasteiger partial charge is 0.346 e. The van der Waals surface area contributed by atoms with Gasteiger partial charge in [0, 0.05) is 0 Å². The van der Waals surface area contributed by atoms with Gasteiger partial charge in [0.15, 0.2) is 0 Å². The number of nitrogens with zero attached hydrogens (tertiary/aromatic N) is 4. The summed E-state index contributed by atoms with van der Waals surface area (Å²) in [4.78, 5) is 0. The summed E-state index contributed by atoms with van der Waals surface area (Å²) in [6, 6.07) is 24.7. The summed E-state index contributed by atoms with van der Waals surface area (Å²) in [7, 11) is 0. The topological polar surface area (TPSA) is 55.6 Å². The zero-order chi connectivity index (χ0) is 16.4. The zero-order valence-corrected chi connectivity index (χ0v) is 13.3. The Morgan fingerprint density at radius 3 is 2.50 bits per heavy atom. The fourth-order valence-corrected chi connectivity index (χ4v) is 2.92. The van der Waals surface area contributed by atoms with Crippen molar-refractivity contribution in [1.29, 1.82) is 0 Å². The van der Waals surface area contributed by atoms with Gasteiger partial charge in [-0.1, -0.05) is 65.8 Å². The number of hydrogen-bond donors (Lipinski definition) is 1. The normalized spacial score (nSPS) is 12.2. The molecule has 1 N–H and O–H groups in total. The molecule has 0 saturated carbocycles. The molecule has 3 aromatic carbocycles. The number of nitrogens with one attached hydrogen (secondary N) is 1. The van der Waals surface area contributed by atoms with Gasteiger partial charge in [0.1, 0.15) is 0 Å². The molecule has 0 bridgehead atoms. The highest BCUT2D eigenvalue weighted by Gasteiger charge is 2.14. The van der Waals surface area contributed by atoms with Gasteiger partial charge >= 0.3 is 0 Å². The van der Waals surface area contributed by atoms with E-state index in [4.69, 9.17) is 0 Å². The Balaban J connectivity index is 1.68. The van der Waals surface area contributed by atoms with Gasteiger partial charge in [0.2, 0.25) is 5.95 Å². The molecule has 4 rings (SSSR count). The Hall–Kier alpha value is -3.21. The van der Waals surface area contributed by atoms with Crippen LogP contribution in [0.4, 0.5) is 5.95 Å². The number of benzene rings is 3. The number of rotatable bonds is 4. The third kappa shape index (κ3) is 2.60. The van der Waals surface area contributed by atoms with Crippen molar-refractivity contribution in [2.75, 3.05) is 5.32 Å². The molecule has 0 aliphatic carbocycles. The van der Waals surface area contributed by atoms with Crippen LogP contribution in [0.15, 0.2) is 72.8 Å². The Kier molecular flexibility index (Phi) is 3.67. The van der Waals surface area contributed by atoms with Crippen LogP contribution in [-0.4, -0.2) is 20.2 Å². The highest BCUT2D eigenvalue weighted by molar-refractivity contribution is 5.86. The zero-order valence-electron chi connectivity index (χ0n) is 13.3. The minimum Gasteiger partial charge on any atom is -0.346 e. The molecule has 5 heteroatoms. The molecule has 1 atom stereocenters. The summed E-state index contributed by atoms with van der Waals surface area (Å²) >= 11 is 0. The van der Waals surface area contributed by atoms with E-state index in [1.807, 2.05) is 30.3 Å². The molecule has 0 radical (unpaired) electrons. The average Bonchev–Trinajstić information content (AvgIpc) is 3.10. The molecule has 118 valence electrons. The minimum absolute atomic E-state index is 0.0737. The summed E-state index contributed by atoms with van der Waals surface area (Å²) in [5.41, 5.74) is 2.14. The molecule has 24 heavy (non-hydrogen) atoms. The van der Waals surface area contributed by atoms with Gasteiger partial charge in [-0.05, 0) is 45.8 Å². The number of anilines is 1. The predicted octanol–water partition coefficient (Wildman–Crippen LogP) is 3.99. The van der Waals surface area contributed by atoms with E-state index in [0.29, 0.717) is 5.95 Å². The molecule has 0 saturated heterocycles. The smallest absolute Gasteiger partial charge is 0.248 e. The molecule has 0 fully saturated rings. The van der Waals surface area contributed by atoms with Gasteiger partial charge in [-0.2, -0.15) is 4.68 Å². The summed E-state index contributed by atoms with van der Waals surface area (Å²) in [5.74, 6) is 0.627. The van der Waals surface area contributed by atoms with Gasteiger partial charge in [0.25, 0.3) is 0 Å². The van der Waals surface area contributed by atoms with Gasteiger partial charge in [0.05, 0.1) is 11.7 Å². The van der Waals surface area contributed by atoms with E-state index in [9.17, 15) is 0 Å². The maximum Gasteiger partial charge on any atom is 0.248 e. The first-order valence-corrected chi connectivity index (χ1v) is 7.91. The van der Waals surface area contributed by atoms with E-state index < -0.39 is 0 Å². The first kappa shape index (κ1) is 14.4. The first-order chi connectivity index (χ1) is 11.8. The number of fused-ring (bicyclic) bond motifs is 1. The van der Waals surface area contributed by atoms with Crippen molar-refractivity contribution in [3.05, 3.63) is 78.4 Å². The van der Waals surface area contributed by atoms with Crippen LogP contribution >= 0.6 is 0 Å². The van der Waals surface area contributed by atoms with Crippen molar-refractivity contribution >= 4 is 16.7 Å². The number of para-hydroxylation sites is 1. The second-order valence-corrected chi connectivity index (χ2v) is 5.68. The van der Waals surface area contributed by atoms with Crippen LogP contribution < -0.4 is 5.32 Å². The number of hydrogen-bond acceptors (Lipinski definition) is 4. The molecule has 0 spiro atoms. The van der Waals surface area contributed by atoms with E-state index in [1.165, 1.54) is 16.3 Å². The van der Waals surface area contributed by atoms with Crippen LogP contribution in [-0.2, 0) is 0 Å². The Morgan fingerprint density at radius 1 is 0.875 bits per heavy atom. The van der Waals surface area contributed by atoms with Crippen LogP contribution in [0.3, 0.4) is 0 Å². The van der Waals surface area contributed by atoms with Gasteiger partial charge in [-0.15, -0.1) is 0 Å². The van der Waals surface area contributed by atoms with Crippen LogP contribution in [0.25, 0.3) is 16.5 Å². The summed E-state index contributed by atoms with van der Waals surface area (Å²) in [6.45, 7) is 2.12. The Bertz CT molecular complexity index is 956. The summed E-state index contributed by atoms with van der Waals surface area (Å²) < 4.78 is 1.71. The SMILES string of the molecule is C[C@H](Nc1nnnn1-c1ccccc1)c1cccc2ccccc12. The standard InChI is InChI=1S/C19H17N5/c1-14(17-13-7-9-15-8-5-6-12-18(15)17)20-19-21-22-23-24(19)16-10-3-2-4-11-16/h2-14H,1H3,(H,20,21,23)/t14-/m0/s1. The third-order valence-electron chi connectivity index (χ3n) is 4.11. The van der Waals surface area contributed by atoms with Gasteiger partial charge in [-0.3, -0.25) is 0 Å². The quantitative estimate of drug-likeness (QED) is 0.619. The van der Waals surface area contributed by atoms with Crippen LogP contribution in [0.2, 0.25) is 0 Å². The van der Waals surface area contributed by atoms with Crippen molar-refractivity contribution in [2.24, 2.45) is 0 Å². The number of tetrazole rings is 1. The van der Waals surface area contributed by atoms with Crippen LogP contribution in [0.1, 0.15) is 18.5 Å². The molecular formula is C19H17N5. The fraction of sp³-hybridized carbons (Fsp3) is 0.105. The maximum absolute atomic E-state index is 4.13. The van der Waals surface area contributed by atoms with E-state index in [2.05, 4.69) is 70.2 Å². The van der Waals surface area contributed by atoms with Crippen molar-refractivity contribution in [3.8, 4) is 5.69 Å². The van der Waals surface area contributed by atoms with E-state index in [-0.39, 0.29) is 6.04 Å². The van der Waals surface area contributed by atoms with Crippen molar-refractivity contribution in [2.45, 2.75) is 13.0 Å². The lowest BCUT2D eigenvalue weighted by Crippen LogP contribution is -2.12. The molecule has 1 aromatic heterocycles. The summed E-state index contributed by atoms with van der Waals surface area (Å²) in [6.07, 6.45) is 0. The van der Waals surface area contributed by atoms with E-state index in [1.54, 1.807) is 4.68 Å². The predicted molar refractivity (Wildman–Crippen MR) is 95.1 cm³/mol. The highest BCUT2D eigenvalue weighted by Crippen LogP contribution is 2.26. The molecule has 0 unspecified atom stereocenters. The fourth-order valence-electron chi connectivity index (χ4n) is 2.92. The van der Waals surface area contributed by atoms with Crippen molar-refractivity contribution in [1.82, 2.24) is 20.2 Å². The monoisotopic (exact) mass is 315 g/mol. The molecule has 0 aliphatic heterocycles. The summed E-state index contributed by atoms with van der Waals surface area (Å²) in [5, 5.41) is 17.9. The molecule has 1 heterocycles. The maximum atomic E-state index is 4.13. The first-order valence-electron chi connectivity index (χ1n) is 7.91. The van der Waals surface area contributed by atoms with Crippen LogP contribution in [0, 0.1) is 0 Å². The van der Waals surface area contributed by atoms with Crippen LogP contribution in [0.5, 0.6) is 0 Å². The van der Waals surface area contributed by atoms with E-state index >= 15 is 0 Å². The van der Waals surface area contributed by atoms with Crippen molar-refractivity contribution in [3.63, 3.8) is 0 Å². The lowest BCUT2D eigenvalue weighted by Gasteiger charge is -2.17. The van der Waals surface area contributed by atoms with Gasteiger partial charge in [-0.25, -0.2) is 0 Å². The average molecular weight is 315 g/mol. The molecule has 5 nitrogen and oxygen atoms in total. The minimum atomic E-state index is 0.0737. The lowest BCUT2D eigenvalue weighted by molar-refractivity contribution is 0.781. The number of aromatic nitrogens is 4. The second-order valence-electron chi connectivity index (χ2n) is 5.68. The Morgan fingerprint density at radius 2 is 1.62 bits per heavy atom. The lowest BCUT2D eigenvalue weighted by atomic mass is 10.00. The molecular weight excluding hydrogens is 298 g/mol. The highest BCUT2D eigenvalue weighted by atomic mass is 15.6.